The van der Waals surface area contributed by atoms with Gasteiger partial charge in [0, 0.05) is 24.9 Å². The minimum Gasteiger partial charge on any atom is -0.351 e. The van der Waals surface area contributed by atoms with Crippen LogP contribution in [-0.4, -0.2) is 16.4 Å². The van der Waals surface area contributed by atoms with Crippen LogP contribution in [0.5, 0.6) is 0 Å². The molecule has 0 aliphatic heterocycles. The lowest BCUT2D eigenvalue weighted by molar-refractivity contribution is -0.122. The van der Waals surface area contributed by atoms with Crippen molar-refractivity contribution in [1.82, 2.24) is 10.0 Å². The number of amides is 1. The van der Waals surface area contributed by atoms with Crippen molar-refractivity contribution in [1.29, 1.82) is 0 Å². The van der Waals surface area contributed by atoms with Crippen molar-refractivity contribution >= 4 is 16.9 Å². The first-order valence-corrected chi connectivity index (χ1v) is 13.3. The van der Waals surface area contributed by atoms with Gasteiger partial charge in [0.15, 0.2) is 0 Å². The highest BCUT2D eigenvalue weighted by atomic mass is 32.2. The predicted molar refractivity (Wildman–Crippen MR) is 143 cm³/mol. The molecule has 0 bridgehead atoms. The average molecular weight is 495 g/mol. The van der Waals surface area contributed by atoms with Gasteiger partial charge >= 0.3 is 0 Å². The minimum atomic E-state index is -1.22. The van der Waals surface area contributed by atoms with Gasteiger partial charge in [-0.1, -0.05) is 80.9 Å². The Kier molecular flexibility index (Phi) is 8.62. The molecule has 0 aliphatic carbocycles. The molecule has 1 amide bonds. The first-order chi connectivity index (χ1) is 16.5. The lowest BCUT2D eigenvalue weighted by Gasteiger charge is -2.22. The van der Waals surface area contributed by atoms with Crippen molar-refractivity contribution in [3.8, 4) is 11.1 Å². The van der Waals surface area contributed by atoms with Gasteiger partial charge in [0.05, 0.1) is 16.9 Å². The lowest BCUT2D eigenvalue weighted by Crippen LogP contribution is -2.28. The second kappa shape index (κ2) is 11.3. The summed E-state index contributed by atoms with van der Waals surface area (Å²) < 4.78 is 28.4. The molecule has 3 rings (SSSR count). The Balaban J connectivity index is 1.79. The van der Waals surface area contributed by atoms with E-state index in [4.69, 9.17) is 0 Å². The normalized spacial score (nSPS) is 13.3. The van der Waals surface area contributed by atoms with Gasteiger partial charge in [-0.2, -0.15) is 0 Å². The van der Waals surface area contributed by atoms with Crippen LogP contribution in [-0.2, 0) is 34.3 Å². The molecule has 0 saturated carbocycles. The van der Waals surface area contributed by atoms with E-state index in [2.05, 4.69) is 74.1 Å². The quantitative estimate of drug-likeness (QED) is 0.410. The summed E-state index contributed by atoms with van der Waals surface area (Å²) in [5.74, 6) is -1.09. The second-order valence-corrected chi connectivity index (χ2v) is 11.3. The summed E-state index contributed by atoms with van der Waals surface area (Å²) in [6.07, 6.45) is 1.50. The van der Waals surface area contributed by atoms with Crippen LogP contribution in [0.25, 0.3) is 11.1 Å². The summed E-state index contributed by atoms with van der Waals surface area (Å²) >= 11 is 0. The fourth-order valence-electron chi connectivity index (χ4n) is 3.92. The van der Waals surface area contributed by atoms with Crippen LogP contribution in [0, 0.1) is 12.7 Å². The van der Waals surface area contributed by atoms with Crippen LogP contribution >= 0.6 is 0 Å². The molecule has 0 heterocycles. The van der Waals surface area contributed by atoms with E-state index in [1.165, 1.54) is 23.4 Å². The molecule has 0 aromatic heterocycles. The number of nitrogens with one attached hydrogen (secondary N) is 2. The first-order valence-electron chi connectivity index (χ1n) is 11.8. The minimum absolute atomic E-state index is 0.00674. The average Bonchev–Trinajstić information content (AvgIpc) is 2.80. The topological polar surface area (TPSA) is 58.2 Å². The molecule has 2 N–H and O–H groups in total. The molecule has 0 saturated heterocycles. The van der Waals surface area contributed by atoms with Crippen LogP contribution in [0.4, 0.5) is 4.39 Å². The van der Waals surface area contributed by atoms with Gasteiger partial charge < -0.3 is 5.32 Å². The van der Waals surface area contributed by atoms with E-state index in [0.717, 1.165) is 16.7 Å². The van der Waals surface area contributed by atoms with Crippen molar-refractivity contribution in [3.05, 3.63) is 94.3 Å². The third-order valence-corrected chi connectivity index (χ3v) is 6.75. The van der Waals surface area contributed by atoms with Gasteiger partial charge in [-0.05, 0) is 53.1 Å². The molecule has 2 unspecified atom stereocenters. The van der Waals surface area contributed by atoms with E-state index in [1.54, 1.807) is 19.1 Å². The fraction of sp³-hybridized carbons (Fsp3) is 0.345. The fourth-order valence-corrected chi connectivity index (χ4v) is 4.28. The van der Waals surface area contributed by atoms with E-state index in [1.807, 2.05) is 6.07 Å². The molecular formula is C29H35FN2O2S. The molecule has 0 fully saturated rings. The Labute approximate surface area is 210 Å². The summed E-state index contributed by atoms with van der Waals surface area (Å²) in [5, 5.41) is 3.04. The lowest BCUT2D eigenvalue weighted by atomic mass is 9.84. The van der Waals surface area contributed by atoms with Crippen molar-refractivity contribution < 1.29 is 13.4 Å². The van der Waals surface area contributed by atoms with Crippen molar-refractivity contribution in [2.75, 3.05) is 6.26 Å². The Morgan fingerprint density at radius 1 is 1.00 bits per heavy atom. The molecule has 0 radical (unpaired) electrons. The Morgan fingerprint density at radius 2 is 1.71 bits per heavy atom. The standard InChI is InChI=1S/C29H35FN2O2S/c1-19-8-7-9-22(14-19)26-16-25(29(3,4)5)13-12-23(26)17-31-28(33)20(2)21-10-11-24(27(30)15-21)18-32-35(6)34/h7-16,20,32H,17-18H2,1-6H3,(H,31,33). The Hall–Kier alpha value is -2.83. The van der Waals surface area contributed by atoms with Crippen molar-refractivity contribution in [3.63, 3.8) is 0 Å². The first kappa shape index (κ1) is 26.8. The zero-order chi connectivity index (χ0) is 25.8. The van der Waals surface area contributed by atoms with E-state index in [9.17, 15) is 13.4 Å². The van der Waals surface area contributed by atoms with Gasteiger partial charge in [-0.25, -0.2) is 13.3 Å². The summed E-state index contributed by atoms with van der Waals surface area (Å²) in [6, 6.07) is 19.6. The molecule has 0 spiro atoms. The zero-order valence-electron chi connectivity index (χ0n) is 21.4. The number of halogens is 1. The number of rotatable bonds is 8. The van der Waals surface area contributed by atoms with Gasteiger partial charge in [-0.3, -0.25) is 4.79 Å². The number of hydrogen-bond donors (Lipinski definition) is 2. The van der Waals surface area contributed by atoms with Crippen LogP contribution in [0.15, 0.2) is 60.7 Å². The summed E-state index contributed by atoms with van der Waals surface area (Å²) in [7, 11) is -1.22. The molecule has 35 heavy (non-hydrogen) atoms. The van der Waals surface area contributed by atoms with Crippen LogP contribution in [0.1, 0.15) is 61.4 Å². The maximum atomic E-state index is 14.5. The molecular weight excluding hydrogens is 459 g/mol. The number of hydrogen-bond acceptors (Lipinski definition) is 2. The highest BCUT2D eigenvalue weighted by molar-refractivity contribution is 7.82. The second-order valence-electron chi connectivity index (χ2n) is 10.1. The van der Waals surface area contributed by atoms with Crippen LogP contribution < -0.4 is 10.0 Å². The number of aryl methyl sites for hydroxylation is 1. The SMILES string of the molecule is Cc1cccc(-c2cc(C(C)(C)C)ccc2CNC(=O)C(C)c2ccc(CNS(C)=O)c(F)c2)c1. The number of carbonyl (C=O) groups excluding carboxylic acids is 1. The van der Waals surface area contributed by atoms with E-state index in [-0.39, 0.29) is 17.9 Å². The van der Waals surface area contributed by atoms with Crippen LogP contribution in [0.2, 0.25) is 0 Å². The van der Waals surface area contributed by atoms with Gasteiger partial charge in [0.25, 0.3) is 0 Å². The Morgan fingerprint density at radius 3 is 2.34 bits per heavy atom. The smallest absolute Gasteiger partial charge is 0.227 e. The number of carbonyl (C=O) groups is 1. The van der Waals surface area contributed by atoms with E-state index < -0.39 is 22.7 Å². The monoisotopic (exact) mass is 494 g/mol. The largest absolute Gasteiger partial charge is 0.351 e. The maximum Gasteiger partial charge on any atom is 0.227 e. The highest BCUT2D eigenvalue weighted by Crippen LogP contribution is 2.31. The third kappa shape index (κ3) is 7.09. The number of benzene rings is 3. The molecule has 4 nitrogen and oxygen atoms in total. The van der Waals surface area contributed by atoms with Crippen molar-refractivity contribution in [2.45, 2.75) is 59.0 Å². The predicted octanol–water partition coefficient (Wildman–Crippen LogP) is 5.90. The summed E-state index contributed by atoms with van der Waals surface area (Å²) in [6.45, 7) is 11.0. The zero-order valence-corrected chi connectivity index (χ0v) is 22.2. The van der Waals surface area contributed by atoms with E-state index >= 15 is 0 Å². The molecule has 3 aromatic rings. The Bertz CT molecular complexity index is 1230. The van der Waals surface area contributed by atoms with Gasteiger partial charge in [0.2, 0.25) is 5.91 Å². The van der Waals surface area contributed by atoms with Gasteiger partial charge in [-0.15, -0.1) is 0 Å². The van der Waals surface area contributed by atoms with E-state index in [0.29, 0.717) is 17.7 Å². The molecule has 6 heteroatoms. The molecule has 0 aliphatic rings. The maximum absolute atomic E-state index is 14.5. The third-order valence-electron chi connectivity index (χ3n) is 6.19. The summed E-state index contributed by atoms with van der Waals surface area (Å²) in [4.78, 5) is 13.0. The van der Waals surface area contributed by atoms with Crippen molar-refractivity contribution in [2.24, 2.45) is 0 Å². The molecule has 3 aromatic carbocycles. The van der Waals surface area contributed by atoms with Gasteiger partial charge in [0.1, 0.15) is 5.82 Å². The highest BCUT2D eigenvalue weighted by Gasteiger charge is 2.19. The molecule has 2 atom stereocenters. The summed E-state index contributed by atoms with van der Waals surface area (Å²) in [5.41, 5.74) is 6.68. The van der Waals surface area contributed by atoms with Crippen LogP contribution in [0.3, 0.4) is 0 Å². The molecule has 186 valence electrons.